The molecule has 0 saturated carbocycles. The molecule has 7 nitrogen and oxygen atoms in total. The van der Waals surface area contributed by atoms with E-state index in [9.17, 15) is 9.18 Å². The summed E-state index contributed by atoms with van der Waals surface area (Å²) in [4.78, 5) is 18.9. The lowest BCUT2D eigenvalue weighted by Crippen LogP contribution is -2.06. The van der Waals surface area contributed by atoms with Crippen molar-refractivity contribution < 1.29 is 23.4 Å². The highest BCUT2D eigenvalue weighted by molar-refractivity contribution is 6.28. The molecule has 0 radical (unpaired) electrons. The van der Waals surface area contributed by atoms with Crippen molar-refractivity contribution in [2.24, 2.45) is 0 Å². The van der Waals surface area contributed by atoms with Gasteiger partial charge in [-0.3, -0.25) is 0 Å². The first kappa shape index (κ1) is 20.1. The fourth-order valence-electron chi connectivity index (χ4n) is 1.99. The van der Waals surface area contributed by atoms with Crippen LogP contribution in [0.2, 0.25) is 5.28 Å². The zero-order valence-electron chi connectivity index (χ0n) is 14.5. The molecule has 1 aromatic heterocycles. The number of halogens is 2. The number of carbonyl (C=O) groups excluding carboxylic acids is 1. The van der Waals surface area contributed by atoms with Gasteiger partial charge in [0, 0.05) is 0 Å². The van der Waals surface area contributed by atoms with Gasteiger partial charge in [0.15, 0.2) is 11.5 Å². The minimum absolute atomic E-state index is 0.155. The van der Waals surface area contributed by atoms with Gasteiger partial charge >= 0.3 is 5.97 Å². The molecule has 140 valence electrons. The van der Waals surface area contributed by atoms with Crippen molar-refractivity contribution in [1.82, 2.24) is 9.97 Å². The normalized spacial score (nSPS) is 10.9. The molecule has 0 amide bonds. The standard InChI is InChI=1S/C18H15ClFN3O4/c1-3-25-15-8-11(7-12(9-21)17(24)26-4-2)5-6-14(15)27-16-13(20)10-22-18(19)23-16/h5-8,10H,3-4H2,1-2H3. The van der Waals surface area contributed by atoms with Gasteiger partial charge in [-0.15, -0.1) is 0 Å². The van der Waals surface area contributed by atoms with Crippen LogP contribution in [0.3, 0.4) is 0 Å². The molecule has 1 aromatic carbocycles. The molecule has 9 heteroatoms. The topological polar surface area (TPSA) is 94.3 Å². The Morgan fingerprint density at radius 1 is 1.33 bits per heavy atom. The highest BCUT2D eigenvalue weighted by Crippen LogP contribution is 2.33. The highest BCUT2D eigenvalue weighted by atomic mass is 35.5. The van der Waals surface area contributed by atoms with Crippen LogP contribution in [-0.4, -0.2) is 29.2 Å². The lowest BCUT2D eigenvalue weighted by molar-refractivity contribution is -0.137. The Kier molecular flexibility index (Phi) is 7.08. The Morgan fingerprint density at radius 2 is 2.11 bits per heavy atom. The van der Waals surface area contributed by atoms with Crippen LogP contribution in [-0.2, 0) is 9.53 Å². The van der Waals surface area contributed by atoms with Gasteiger partial charge in [-0.05, 0) is 49.2 Å². The van der Waals surface area contributed by atoms with Crippen LogP contribution in [0.5, 0.6) is 17.4 Å². The van der Waals surface area contributed by atoms with Crippen molar-refractivity contribution >= 4 is 23.6 Å². The van der Waals surface area contributed by atoms with E-state index in [-0.39, 0.29) is 34.8 Å². The predicted octanol–water partition coefficient (Wildman–Crippen LogP) is 3.93. The van der Waals surface area contributed by atoms with E-state index in [0.717, 1.165) is 6.20 Å². The first-order chi connectivity index (χ1) is 13.0. The Hall–Kier alpha value is -3.18. The van der Waals surface area contributed by atoms with Gasteiger partial charge in [0.2, 0.25) is 11.1 Å². The molecular weight excluding hydrogens is 377 g/mol. The van der Waals surface area contributed by atoms with Gasteiger partial charge in [0.1, 0.15) is 11.6 Å². The summed E-state index contributed by atoms with van der Waals surface area (Å²) in [6.45, 7) is 3.86. The van der Waals surface area contributed by atoms with E-state index in [1.54, 1.807) is 26.0 Å². The van der Waals surface area contributed by atoms with Crippen molar-refractivity contribution in [3.8, 4) is 23.4 Å². The molecule has 0 unspecified atom stereocenters. The summed E-state index contributed by atoms with van der Waals surface area (Å²) in [7, 11) is 0. The Balaban J connectivity index is 2.37. The van der Waals surface area contributed by atoms with E-state index in [4.69, 9.17) is 31.1 Å². The molecule has 0 fully saturated rings. The second kappa shape index (κ2) is 9.50. The second-order valence-corrected chi connectivity index (χ2v) is 5.26. The van der Waals surface area contributed by atoms with E-state index >= 15 is 0 Å². The number of hydrogen-bond acceptors (Lipinski definition) is 7. The zero-order chi connectivity index (χ0) is 19.8. The van der Waals surface area contributed by atoms with Crippen molar-refractivity contribution in [3.63, 3.8) is 0 Å². The maximum absolute atomic E-state index is 13.8. The number of ether oxygens (including phenoxy) is 3. The predicted molar refractivity (Wildman–Crippen MR) is 94.9 cm³/mol. The largest absolute Gasteiger partial charge is 0.490 e. The van der Waals surface area contributed by atoms with Crippen LogP contribution >= 0.6 is 11.6 Å². The molecule has 1 heterocycles. The number of hydrogen-bond donors (Lipinski definition) is 0. The summed E-state index contributed by atoms with van der Waals surface area (Å²) in [6, 6.07) is 6.38. The summed E-state index contributed by atoms with van der Waals surface area (Å²) in [5, 5.41) is 8.95. The third-order valence-electron chi connectivity index (χ3n) is 3.08. The van der Waals surface area contributed by atoms with Gasteiger partial charge in [0.05, 0.1) is 19.4 Å². The second-order valence-electron chi connectivity index (χ2n) is 4.92. The summed E-state index contributed by atoms with van der Waals surface area (Å²) in [6.07, 6.45) is 2.24. The molecule has 2 rings (SSSR count). The van der Waals surface area contributed by atoms with Gasteiger partial charge in [-0.1, -0.05) is 6.07 Å². The van der Waals surface area contributed by atoms with Crippen LogP contribution in [0.4, 0.5) is 4.39 Å². The number of rotatable bonds is 7. The maximum Gasteiger partial charge on any atom is 0.348 e. The number of nitrogens with zero attached hydrogens (tertiary/aromatic N) is 3. The molecule has 0 aliphatic rings. The van der Waals surface area contributed by atoms with E-state index in [2.05, 4.69) is 9.97 Å². The van der Waals surface area contributed by atoms with E-state index in [0.29, 0.717) is 12.2 Å². The Bertz CT molecular complexity index is 912. The average molecular weight is 392 g/mol. The molecule has 27 heavy (non-hydrogen) atoms. The molecule has 0 atom stereocenters. The SMILES string of the molecule is CCOC(=O)C(C#N)=Cc1ccc(Oc2nc(Cl)ncc2F)c(OCC)c1. The molecule has 0 aliphatic heterocycles. The van der Waals surface area contributed by atoms with Crippen molar-refractivity contribution in [3.05, 3.63) is 46.6 Å². The quantitative estimate of drug-likeness (QED) is 0.305. The lowest BCUT2D eigenvalue weighted by Gasteiger charge is -2.12. The Morgan fingerprint density at radius 3 is 2.78 bits per heavy atom. The van der Waals surface area contributed by atoms with Gasteiger partial charge in [-0.25, -0.2) is 9.78 Å². The molecule has 2 aromatic rings. The van der Waals surface area contributed by atoms with Crippen LogP contribution in [0.15, 0.2) is 30.0 Å². The third-order valence-corrected chi connectivity index (χ3v) is 3.27. The van der Waals surface area contributed by atoms with Crippen molar-refractivity contribution in [1.29, 1.82) is 5.26 Å². The number of aromatic nitrogens is 2. The monoisotopic (exact) mass is 391 g/mol. The summed E-state index contributed by atoms with van der Waals surface area (Å²) < 4.78 is 29.5. The molecule has 0 spiro atoms. The molecule has 0 bridgehead atoms. The van der Waals surface area contributed by atoms with E-state index in [1.165, 1.54) is 18.2 Å². The van der Waals surface area contributed by atoms with Crippen molar-refractivity contribution in [2.45, 2.75) is 13.8 Å². The number of nitriles is 1. The minimum atomic E-state index is -0.792. The maximum atomic E-state index is 13.8. The van der Waals surface area contributed by atoms with Crippen molar-refractivity contribution in [2.75, 3.05) is 13.2 Å². The Labute approximate surface area is 160 Å². The van der Waals surface area contributed by atoms with Crippen LogP contribution < -0.4 is 9.47 Å². The van der Waals surface area contributed by atoms with Crippen LogP contribution in [0.1, 0.15) is 19.4 Å². The first-order valence-electron chi connectivity index (χ1n) is 7.90. The van der Waals surface area contributed by atoms with E-state index < -0.39 is 11.8 Å². The van der Waals surface area contributed by atoms with Gasteiger partial charge < -0.3 is 14.2 Å². The fraction of sp³-hybridized carbons (Fsp3) is 0.222. The fourth-order valence-corrected chi connectivity index (χ4v) is 2.11. The molecule has 0 saturated heterocycles. The lowest BCUT2D eigenvalue weighted by atomic mass is 10.1. The summed E-state index contributed by atoms with van der Waals surface area (Å²) >= 11 is 5.66. The van der Waals surface area contributed by atoms with Crippen LogP contribution in [0.25, 0.3) is 6.08 Å². The number of carbonyl (C=O) groups is 1. The van der Waals surface area contributed by atoms with Gasteiger partial charge in [-0.2, -0.15) is 14.6 Å². The zero-order valence-corrected chi connectivity index (χ0v) is 15.3. The summed E-state index contributed by atoms with van der Waals surface area (Å²) in [5.74, 6) is -1.43. The van der Waals surface area contributed by atoms with Gasteiger partial charge in [0.25, 0.3) is 5.88 Å². The number of benzene rings is 1. The minimum Gasteiger partial charge on any atom is -0.490 e. The van der Waals surface area contributed by atoms with Crippen LogP contribution in [0, 0.1) is 17.1 Å². The first-order valence-corrected chi connectivity index (χ1v) is 8.27. The number of esters is 1. The average Bonchev–Trinajstić information content (AvgIpc) is 2.65. The molecular formula is C18H15ClFN3O4. The highest BCUT2D eigenvalue weighted by Gasteiger charge is 2.14. The molecule has 0 N–H and O–H groups in total. The third kappa shape index (κ3) is 5.39. The summed E-state index contributed by atoms with van der Waals surface area (Å²) in [5.41, 5.74) is 0.332. The smallest absolute Gasteiger partial charge is 0.348 e. The van der Waals surface area contributed by atoms with E-state index in [1.807, 2.05) is 0 Å². The molecule has 0 aliphatic carbocycles.